The second-order valence-electron chi connectivity index (χ2n) is 6.49. The number of nitrogens with zero attached hydrogens (tertiary/aromatic N) is 2. The highest BCUT2D eigenvalue weighted by atomic mass is 32.2. The van der Waals surface area contributed by atoms with Crippen molar-refractivity contribution in [2.45, 2.75) is 44.7 Å². The number of sulfone groups is 1. The second-order valence-corrected chi connectivity index (χ2v) is 9.12. The zero-order valence-corrected chi connectivity index (χ0v) is 15.8. The van der Waals surface area contributed by atoms with Crippen LogP contribution in [0.2, 0.25) is 0 Å². The fraction of sp³-hybridized carbons (Fsp3) is 0.588. The van der Waals surface area contributed by atoms with Crippen molar-refractivity contribution >= 4 is 33.2 Å². The van der Waals surface area contributed by atoms with Crippen LogP contribution in [0.1, 0.15) is 33.1 Å². The third-order valence-corrected chi connectivity index (χ3v) is 6.51. The van der Waals surface area contributed by atoms with Crippen LogP contribution in [0.5, 0.6) is 0 Å². The Bertz CT molecular complexity index is 879. The molecule has 1 fully saturated rings. The third kappa shape index (κ3) is 3.73. The molecule has 0 amide bonds. The summed E-state index contributed by atoms with van der Waals surface area (Å²) in [6, 6.07) is 4.99. The number of fused-ring (bicyclic) bond motifs is 1. The highest BCUT2D eigenvalue weighted by Gasteiger charge is 2.24. The largest absolute Gasteiger partial charge is 0.429 e. The van der Waals surface area contributed by atoms with E-state index in [1.165, 1.54) is 12.8 Å². The van der Waals surface area contributed by atoms with Crippen molar-refractivity contribution in [3.8, 4) is 0 Å². The smallest absolute Gasteiger partial charge is 0.270 e. The molecule has 1 heterocycles. The SMILES string of the molecule is CCCN(CC1CC1)Cn1c(=S)oc2ccc(S(=O)(=O)CC)cc21. The maximum atomic E-state index is 12.2. The van der Waals surface area contributed by atoms with E-state index in [0.29, 0.717) is 22.0 Å². The average molecular weight is 369 g/mol. The van der Waals surface area contributed by atoms with Crippen LogP contribution in [0.3, 0.4) is 0 Å². The predicted octanol–water partition coefficient (Wildman–Crippen LogP) is 3.84. The van der Waals surface area contributed by atoms with Crippen LogP contribution in [0.15, 0.2) is 27.5 Å². The van der Waals surface area contributed by atoms with Gasteiger partial charge in [0.05, 0.1) is 22.8 Å². The quantitative estimate of drug-likeness (QED) is 0.663. The summed E-state index contributed by atoms with van der Waals surface area (Å²) in [5, 5.41) is 0. The molecule has 1 aliphatic carbocycles. The van der Waals surface area contributed by atoms with E-state index < -0.39 is 9.84 Å². The van der Waals surface area contributed by atoms with Crippen molar-refractivity contribution in [3.63, 3.8) is 0 Å². The Morgan fingerprint density at radius 2 is 2.08 bits per heavy atom. The molecule has 1 aliphatic rings. The van der Waals surface area contributed by atoms with Crippen molar-refractivity contribution in [3.05, 3.63) is 23.0 Å². The molecule has 132 valence electrons. The molecule has 0 atom stereocenters. The monoisotopic (exact) mass is 368 g/mol. The van der Waals surface area contributed by atoms with Crippen LogP contribution < -0.4 is 0 Å². The van der Waals surface area contributed by atoms with Gasteiger partial charge in [0.2, 0.25) is 0 Å². The molecule has 5 nitrogen and oxygen atoms in total. The molecule has 0 bridgehead atoms. The van der Waals surface area contributed by atoms with Crippen molar-refractivity contribution in [2.24, 2.45) is 5.92 Å². The lowest BCUT2D eigenvalue weighted by atomic mass is 10.3. The van der Waals surface area contributed by atoms with Gasteiger partial charge in [0.1, 0.15) is 0 Å². The fourth-order valence-corrected chi connectivity index (χ4v) is 4.08. The molecule has 0 unspecified atom stereocenters. The molecule has 1 saturated carbocycles. The normalized spacial score (nSPS) is 15.5. The summed E-state index contributed by atoms with van der Waals surface area (Å²) in [5.74, 6) is 0.876. The first-order valence-electron chi connectivity index (χ1n) is 8.53. The summed E-state index contributed by atoms with van der Waals surface area (Å²) in [6.07, 6.45) is 3.68. The van der Waals surface area contributed by atoms with E-state index in [0.717, 1.165) is 30.9 Å². The minimum atomic E-state index is -3.25. The molecule has 0 saturated heterocycles. The number of hydrogen-bond acceptors (Lipinski definition) is 5. The molecular formula is C17H24N2O3S2. The van der Waals surface area contributed by atoms with E-state index in [1.54, 1.807) is 25.1 Å². The van der Waals surface area contributed by atoms with Gasteiger partial charge < -0.3 is 4.42 Å². The Kier molecular flexibility index (Phi) is 5.13. The van der Waals surface area contributed by atoms with Crippen molar-refractivity contribution in [1.82, 2.24) is 9.47 Å². The lowest BCUT2D eigenvalue weighted by molar-refractivity contribution is 0.208. The molecule has 24 heavy (non-hydrogen) atoms. The van der Waals surface area contributed by atoms with Gasteiger partial charge in [-0.1, -0.05) is 13.8 Å². The van der Waals surface area contributed by atoms with E-state index in [2.05, 4.69) is 11.8 Å². The standard InChI is InChI=1S/C17H24N2O3S2/c1-3-9-18(11-13-5-6-13)12-19-15-10-14(24(20,21)4-2)7-8-16(15)22-17(19)23/h7-8,10,13H,3-6,9,11-12H2,1-2H3. The Morgan fingerprint density at radius 3 is 2.71 bits per heavy atom. The number of rotatable bonds is 8. The minimum Gasteiger partial charge on any atom is -0.429 e. The van der Waals surface area contributed by atoms with Gasteiger partial charge in [-0.25, -0.2) is 8.42 Å². The molecular weight excluding hydrogens is 344 g/mol. The maximum absolute atomic E-state index is 12.2. The minimum absolute atomic E-state index is 0.0841. The summed E-state index contributed by atoms with van der Waals surface area (Å²) >= 11 is 5.37. The Labute approximate surface area is 148 Å². The van der Waals surface area contributed by atoms with Gasteiger partial charge in [0.15, 0.2) is 15.4 Å². The summed E-state index contributed by atoms with van der Waals surface area (Å²) in [6.45, 7) is 6.53. The third-order valence-electron chi connectivity index (χ3n) is 4.47. The van der Waals surface area contributed by atoms with Crippen LogP contribution in [-0.4, -0.2) is 36.7 Å². The van der Waals surface area contributed by atoms with E-state index >= 15 is 0 Å². The van der Waals surface area contributed by atoms with Gasteiger partial charge in [-0.2, -0.15) is 0 Å². The lowest BCUT2D eigenvalue weighted by Gasteiger charge is -2.22. The highest BCUT2D eigenvalue weighted by molar-refractivity contribution is 7.91. The number of benzene rings is 1. The molecule has 3 rings (SSSR count). The summed E-state index contributed by atoms with van der Waals surface area (Å²) in [4.78, 5) is 3.10. The van der Waals surface area contributed by atoms with E-state index in [9.17, 15) is 8.42 Å². The van der Waals surface area contributed by atoms with Crippen molar-refractivity contribution < 1.29 is 12.8 Å². The fourth-order valence-electron chi connectivity index (χ4n) is 2.94. The first kappa shape index (κ1) is 17.6. The number of oxazole rings is 1. The second kappa shape index (κ2) is 6.98. The van der Waals surface area contributed by atoms with Gasteiger partial charge in [-0.3, -0.25) is 9.47 Å². The predicted molar refractivity (Wildman–Crippen MR) is 97.4 cm³/mol. The molecule has 0 aliphatic heterocycles. The zero-order valence-electron chi connectivity index (χ0n) is 14.2. The van der Waals surface area contributed by atoms with Crippen LogP contribution in [0.25, 0.3) is 11.1 Å². The van der Waals surface area contributed by atoms with E-state index in [1.807, 2.05) is 4.57 Å². The van der Waals surface area contributed by atoms with Crippen LogP contribution in [0, 0.1) is 10.8 Å². The molecule has 1 aromatic carbocycles. The van der Waals surface area contributed by atoms with Gasteiger partial charge in [0.25, 0.3) is 4.84 Å². The van der Waals surface area contributed by atoms with Crippen molar-refractivity contribution in [1.29, 1.82) is 0 Å². The Balaban J connectivity index is 1.97. The molecule has 0 spiro atoms. The Hall–Kier alpha value is -1.18. The van der Waals surface area contributed by atoms with E-state index in [-0.39, 0.29) is 5.75 Å². The van der Waals surface area contributed by atoms with Gasteiger partial charge >= 0.3 is 0 Å². The molecule has 0 radical (unpaired) electrons. The van der Waals surface area contributed by atoms with Crippen molar-refractivity contribution in [2.75, 3.05) is 18.8 Å². The average Bonchev–Trinajstić information content (AvgIpc) is 3.31. The van der Waals surface area contributed by atoms with Gasteiger partial charge in [-0.05, 0) is 62.1 Å². The summed E-state index contributed by atoms with van der Waals surface area (Å²) < 4.78 is 31.9. The van der Waals surface area contributed by atoms with Crippen LogP contribution in [-0.2, 0) is 16.5 Å². The first-order valence-corrected chi connectivity index (χ1v) is 10.6. The molecule has 7 heteroatoms. The molecule has 2 aromatic rings. The summed E-state index contributed by atoms with van der Waals surface area (Å²) in [5.41, 5.74) is 1.39. The molecule has 1 aromatic heterocycles. The van der Waals surface area contributed by atoms with Crippen LogP contribution in [0.4, 0.5) is 0 Å². The topological polar surface area (TPSA) is 55.5 Å². The van der Waals surface area contributed by atoms with E-state index in [4.69, 9.17) is 16.6 Å². The zero-order chi connectivity index (χ0) is 17.3. The van der Waals surface area contributed by atoms with Gasteiger partial charge in [0, 0.05) is 6.54 Å². The maximum Gasteiger partial charge on any atom is 0.270 e. The lowest BCUT2D eigenvalue weighted by Crippen LogP contribution is -2.29. The first-order chi connectivity index (χ1) is 11.4. The number of hydrogen-bond donors (Lipinski definition) is 0. The summed E-state index contributed by atoms with van der Waals surface area (Å²) in [7, 11) is -3.25. The molecule has 0 N–H and O–H groups in total. The van der Waals surface area contributed by atoms with Gasteiger partial charge in [-0.15, -0.1) is 0 Å². The highest BCUT2D eigenvalue weighted by Crippen LogP contribution is 2.30. The van der Waals surface area contributed by atoms with Crippen LogP contribution >= 0.6 is 12.2 Å². The number of aromatic nitrogens is 1. The Morgan fingerprint density at radius 1 is 1.33 bits per heavy atom.